The van der Waals surface area contributed by atoms with Crippen LogP contribution in [0.2, 0.25) is 0 Å². The van der Waals surface area contributed by atoms with Crippen LogP contribution < -0.4 is 4.90 Å². The molecule has 1 amide bonds. The van der Waals surface area contributed by atoms with Crippen LogP contribution in [0.3, 0.4) is 0 Å². The Balaban J connectivity index is 1.69. The van der Waals surface area contributed by atoms with E-state index >= 15 is 0 Å². The first kappa shape index (κ1) is 18.4. The van der Waals surface area contributed by atoms with Gasteiger partial charge in [-0.05, 0) is 55.4 Å². The summed E-state index contributed by atoms with van der Waals surface area (Å²) in [5.41, 5.74) is 1.43. The number of rotatable bonds is 5. The van der Waals surface area contributed by atoms with Crippen molar-refractivity contribution >= 4 is 11.7 Å². The van der Waals surface area contributed by atoms with Crippen molar-refractivity contribution in [2.24, 2.45) is 5.92 Å². The van der Waals surface area contributed by atoms with E-state index in [1.807, 2.05) is 18.2 Å². The Hall–Kier alpha value is -2.43. The molecule has 26 heavy (non-hydrogen) atoms. The smallest absolute Gasteiger partial charge is 0.257 e. The Morgan fingerprint density at radius 2 is 2.08 bits per heavy atom. The minimum Gasteiger partial charge on any atom is -0.356 e. The molecular weight excluding hydrogens is 329 g/mol. The lowest BCUT2D eigenvalue weighted by atomic mass is 9.91. The third-order valence-corrected chi connectivity index (χ3v) is 5.02. The minimum atomic E-state index is -0.122. The number of carbonyl (C=O) groups is 1. The maximum absolute atomic E-state index is 13.8. The molecule has 2 heterocycles. The van der Waals surface area contributed by atoms with E-state index in [-0.39, 0.29) is 11.7 Å². The third-order valence-electron chi connectivity index (χ3n) is 5.02. The number of piperidine rings is 1. The predicted octanol–water partition coefficient (Wildman–Crippen LogP) is 3.77. The van der Waals surface area contributed by atoms with Crippen molar-refractivity contribution in [3.05, 3.63) is 59.5 Å². The van der Waals surface area contributed by atoms with E-state index in [9.17, 15) is 9.18 Å². The molecule has 138 valence electrons. The first-order chi connectivity index (χ1) is 12.6. The summed E-state index contributed by atoms with van der Waals surface area (Å²) in [6.07, 6.45) is 5.63. The van der Waals surface area contributed by atoms with Crippen molar-refractivity contribution in [3.63, 3.8) is 0 Å². The molecule has 0 bridgehead atoms. The standard InChI is InChI=1S/C21H26FN3O/c1-24(2)21(26)18-9-5-13-23-20(18)25-14-6-7-16(15-25)11-12-17-8-3-4-10-19(17)22/h3-5,8-10,13,16H,6-7,11-12,14-15H2,1-2H3/t16-/m0/s1. The highest BCUT2D eigenvalue weighted by molar-refractivity contribution is 5.98. The molecule has 1 atom stereocenters. The molecular formula is C21H26FN3O. The average Bonchev–Trinajstić information content (AvgIpc) is 2.67. The van der Waals surface area contributed by atoms with Crippen molar-refractivity contribution in [1.82, 2.24) is 9.88 Å². The number of benzene rings is 1. The van der Waals surface area contributed by atoms with Crippen molar-refractivity contribution in [1.29, 1.82) is 0 Å². The van der Waals surface area contributed by atoms with Crippen molar-refractivity contribution in [2.45, 2.75) is 25.7 Å². The number of amides is 1. The summed E-state index contributed by atoms with van der Waals surface area (Å²) in [5, 5.41) is 0. The van der Waals surface area contributed by atoms with E-state index < -0.39 is 0 Å². The summed E-state index contributed by atoms with van der Waals surface area (Å²) < 4.78 is 13.8. The summed E-state index contributed by atoms with van der Waals surface area (Å²) in [5.74, 6) is 1.10. The van der Waals surface area contributed by atoms with Gasteiger partial charge in [-0.15, -0.1) is 0 Å². The van der Waals surface area contributed by atoms with Gasteiger partial charge in [0.05, 0.1) is 5.56 Å². The normalized spacial score (nSPS) is 17.2. The van der Waals surface area contributed by atoms with Crippen molar-refractivity contribution < 1.29 is 9.18 Å². The van der Waals surface area contributed by atoms with Gasteiger partial charge < -0.3 is 9.80 Å². The number of carbonyl (C=O) groups excluding carboxylic acids is 1. The van der Waals surface area contributed by atoms with E-state index in [0.29, 0.717) is 11.5 Å². The minimum absolute atomic E-state index is 0.0263. The van der Waals surface area contributed by atoms with Gasteiger partial charge >= 0.3 is 0 Å². The van der Waals surface area contributed by atoms with Crippen LogP contribution in [0.4, 0.5) is 10.2 Å². The summed E-state index contributed by atoms with van der Waals surface area (Å²) in [6, 6.07) is 10.6. The lowest BCUT2D eigenvalue weighted by Crippen LogP contribution is -2.38. The fourth-order valence-corrected chi connectivity index (χ4v) is 3.61. The van der Waals surface area contributed by atoms with Crippen molar-refractivity contribution in [2.75, 3.05) is 32.1 Å². The summed E-state index contributed by atoms with van der Waals surface area (Å²) >= 11 is 0. The highest BCUT2D eigenvalue weighted by Gasteiger charge is 2.25. The topological polar surface area (TPSA) is 36.4 Å². The van der Waals surface area contributed by atoms with Crippen LogP contribution in [0, 0.1) is 11.7 Å². The molecule has 1 aliphatic rings. The van der Waals surface area contributed by atoms with Crippen LogP contribution >= 0.6 is 0 Å². The van der Waals surface area contributed by atoms with Gasteiger partial charge in [-0.25, -0.2) is 9.37 Å². The molecule has 1 aliphatic heterocycles. The van der Waals surface area contributed by atoms with Crippen LogP contribution in [-0.2, 0) is 6.42 Å². The molecule has 1 fully saturated rings. The van der Waals surface area contributed by atoms with Gasteiger partial charge in [-0.3, -0.25) is 4.79 Å². The van der Waals surface area contributed by atoms with Gasteiger partial charge in [-0.1, -0.05) is 18.2 Å². The number of pyridine rings is 1. The number of hydrogen-bond donors (Lipinski definition) is 0. The zero-order valence-corrected chi connectivity index (χ0v) is 15.5. The molecule has 0 unspecified atom stereocenters. The highest BCUT2D eigenvalue weighted by atomic mass is 19.1. The molecule has 0 aliphatic carbocycles. The van der Waals surface area contributed by atoms with Crippen LogP contribution in [0.15, 0.2) is 42.6 Å². The number of hydrogen-bond acceptors (Lipinski definition) is 3. The monoisotopic (exact) mass is 355 g/mol. The molecule has 1 aromatic carbocycles. The third kappa shape index (κ3) is 4.21. The number of halogens is 1. The SMILES string of the molecule is CN(C)C(=O)c1cccnc1N1CCC[C@@H](CCc2ccccc2F)C1. The maximum atomic E-state index is 13.8. The first-order valence-corrected chi connectivity index (χ1v) is 9.21. The van der Waals surface area contributed by atoms with Crippen molar-refractivity contribution in [3.8, 4) is 0 Å². The second-order valence-corrected chi connectivity index (χ2v) is 7.16. The Morgan fingerprint density at radius 3 is 2.85 bits per heavy atom. The maximum Gasteiger partial charge on any atom is 0.257 e. The molecule has 2 aromatic rings. The molecule has 1 saturated heterocycles. The zero-order valence-electron chi connectivity index (χ0n) is 15.5. The van der Waals surface area contributed by atoms with Crippen LogP contribution in [-0.4, -0.2) is 43.0 Å². The largest absolute Gasteiger partial charge is 0.356 e. The van der Waals surface area contributed by atoms with Crippen LogP contribution in [0.5, 0.6) is 0 Å². The molecule has 0 spiro atoms. The Labute approximate surface area is 154 Å². The molecule has 0 radical (unpaired) electrons. The van der Waals surface area contributed by atoms with E-state index in [2.05, 4.69) is 9.88 Å². The van der Waals surface area contributed by atoms with Gasteiger partial charge in [0, 0.05) is 33.4 Å². The molecule has 4 nitrogen and oxygen atoms in total. The highest BCUT2D eigenvalue weighted by Crippen LogP contribution is 2.27. The summed E-state index contributed by atoms with van der Waals surface area (Å²) in [4.78, 5) is 20.7. The second-order valence-electron chi connectivity index (χ2n) is 7.16. The molecule has 0 saturated carbocycles. The van der Waals surface area contributed by atoms with Crippen LogP contribution in [0.25, 0.3) is 0 Å². The lowest BCUT2D eigenvalue weighted by Gasteiger charge is -2.34. The van der Waals surface area contributed by atoms with E-state index in [1.54, 1.807) is 37.3 Å². The summed E-state index contributed by atoms with van der Waals surface area (Å²) in [7, 11) is 3.51. The van der Waals surface area contributed by atoms with E-state index in [4.69, 9.17) is 0 Å². The van der Waals surface area contributed by atoms with Gasteiger partial charge in [0.25, 0.3) is 5.91 Å². The van der Waals surface area contributed by atoms with Gasteiger partial charge in [0.1, 0.15) is 11.6 Å². The van der Waals surface area contributed by atoms with E-state index in [1.165, 1.54) is 6.07 Å². The number of aryl methyl sites for hydroxylation is 1. The number of aromatic nitrogens is 1. The lowest BCUT2D eigenvalue weighted by molar-refractivity contribution is 0.0827. The first-order valence-electron chi connectivity index (χ1n) is 9.21. The fraction of sp³-hybridized carbons (Fsp3) is 0.429. The molecule has 5 heteroatoms. The quantitative estimate of drug-likeness (QED) is 0.819. The molecule has 1 aromatic heterocycles. The van der Waals surface area contributed by atoms with Crippen LogP contribution in [0.1, 0.15) is 35.2 Å². The van der Waals surface area contributed by atoms with Gasteiger partial charge in [0.15, 0.2) is 0 Å². The average molecular weight is 355 g/mol. The predicted molar refractivity (Wildman–Crippen MR) is 102 cm³/mol. The summed E-state index contributed by atoms with van der Waals surface area (Å²) in [6.45, 7) is 1.76. The zero-order chi connectivity index (χ0) is 18.5. The second kappa shape index (κ2) is 8.30. The van der Waals surface area contributed by atoms with E-state index in [0.717, 1.165) is 50.2 Å². The Kier molecular flexibility index (Phi) is 5.86. The molecule has 3 rings (SSSR count). The van der Waals surface area contributed by atoms with Gasteiger partial charge in [0.2, 0.25) is 0 Å². The molecule has 0 N–H and O–H groups in total. The fourth-order valence-electron chi connectivity index (χ4n) is 3.61. The number of nitrogens with zero attached hydrogens (tertiary/aromatic N) is 3. The number of anilines is 1. The van der Waals surface area contributed by atoms with Gasteiger partial charge in [-0.2, -0.15) is 0 Å². The Morgan fingerprint density at radius 1 is 1.27 bits per heavy atom. The Bertz CT molecular complexity index is 762.